The summed E-state index contributed by atoms with van der Waals surface area (Å²) in [7, 11) is 0. The molecule has 0 unspecified atom stereocenters. The molecule has 0 heteroatoms. The van der Waals surface area contributed by atoms with E-state index in [0.717, 1.165) is 0 Å². The van der Waals surface area contributed by atoms with Crippen LogP contribution in [0.25, 0.3) is 55.6 Å². The van der Waals surface area contributed by atoms with Crippen molar-refractivity contribution in [1.82, 2.24) is 0 Å². The topological polar surface area (TPSA) is 0 Å². The van der Waals surface area contributed by atoms with Gasteiger partial charge in [-0.25, -0.2) is 0 Å². The Morgan fingerprint density at radius 1 is 0.263 bits per heavy atom. The van der Waals surface area contributed by atoms with Crippen LogP contribution in [-0.2, 0) is 0 Å². The minimum absolute atomic E-state index is 1.22. The molecule has 0 fully saturated rings. The maximum Gasteiger partial charge on any atom is -0.0103 e. The van der Waals surface area contributed by atoms with Crippen molar-refractivity contribution < 1.29 is 0 Å². The molecule has 0 aliphatic rings. The third-order valence-corrected chi connectivity index (χ3v) is 7.24. The first-order valence-electron chi connectivity index (χ1n) is 13.2. The first-order valence-corrected chi connectivity index (χ1v) is 13.2. The van der Waals surface area contributed by atoms with E-state index in [0.29, 0.717) is 0 Å². The molecule has 0 heterocycles. The first-order chi connectivity index (χ1) is 18.7. The summed E-state index contributed by atoms with van der Waals surface area (Å²) in [6.07, 6.45) is 0. The van der Waals surface area contributed by atoms with Gasteiger partial charge in [0.1, 0.15) is 0 Å². The van der Waals surface area contributed by atoms with Gasteiger partial charge in [0.25, 0.3) is 0 Å². The van der Waals surface area contributed by atoms with E-state index in [1.165, 1.54) is 66.8 Å². The molecule has 0 bridgehead atoms. The van der Waals surface area contributed by atoms with Gasteiger partial charge in [-0.15, -0.1) is 0 Å². The van der Waals surface area contributed by atoms with Crippen molar-refractivity contribution in [2.75, 3.05) is 0 Å². The van der Waals surface area contributed by atoms with Crippen LogP contribution in [0.5, 0.6) is 0 Å². The Kier molecular flexibility index (Phi) is 6.46. The van der Waals surface area contributed by atoms with Gasteiger partial charge in [0, 0.05) is 0 Å². The van der Waals surface area contributed by atoms with Crippen LogP contribution in [0.1, 0.15) is 11.1 Å². The van der Waals surface area contributed by atoms with Crippen molar-refractivity contribution >= 4 is 0 Å². The minimum atomic E-state index is 1.22. The summed E-state index contributed by atoms with van der Waals surface area (Å²) in [4.78, 5) is 0. The second-order valence-corrected chi connectivity index (χ2v) is 9.98. The summed E-state index contributed by atoms with van der Waals surface area (Å²) in [6.45, 7) is 4.32. The zero-order chi connectivity index (χ0) is 25.9. The molecule has 0 spiro atoms. The highest BCUT2D eigenvalue weighted by atomic mass is 14.1. The Hall–Kier alpha value is -4.68. The molecule has 0 radical (unpaired) electrons. The largest absolute Gasteiger partial charge is 0.0622 e. The Labute approximate surface area is 225 Å². The quantitative estimate of drug-likeness (QED) is 0.227. The van der Waals surface area contributed by atoms with Gasteiger partial charge in [-0.05, 0) is 69.5 Å². The number of benzene rings is 6. The standard InChI is InChI=1S/C38H30/c1-27-13-23-35(31-9-5-3-6-10-31)37(25-27)33-19-15-29(16-20-33)30-17-21-34(22-18-30)38-26-28(2)14-24-36(38)32-11-7-4-8-12-32/h3-26H,1-2H3. The van der Waals surface area contributed by atoms with Gasteiger partial charge in [0.05, 0.1) is 0 Å². The monoisotopic (exact) mass is 486 g/mol. The predicted molar refractivity (Wildman–Crippen MR) is 163 cm³/mol. The van der Waals surface area contributed by atoms with Gasteiger partial charge in [-0.3, -0.25) is 0 Å². The SMILES string of the molecule is Cc1ccc(-c2ccccc2)c(-c2ccc(-c3ccc(-c4cc(C)ccc4-c4ccccc4)cc3)cc2)c1. The van der Waals surface area contributed by atoms with Crippen LogP contribution in [0.15, 0.2) is 146 Å². The van der Waals surface area contributed by atoms with E-state index < -0.39 is 0 Å². The van der Waals surface area contributed by atoms with E-state index in [9.17, 15) is 0 Å². The number of rotatable bonds is 5. The zero-order valence-electron chi connectivity index (χ0n) is 21.9. The lowest BCUT2D eigenvalue weighted by molar-refractivity contribution is 1.46. The lowest BCUT2D eigenvalue weighted by Crippen LogP contribution is -1.88. The van der Waals surface area contributed by atoms with Gasteiger partial charge in [0.15, 0.2) is 0 Å². The van der Waals surface area contributed by atoms with E-state index in [-0.39, 0.29) is 0 Å². The minimum Gasteiger partial charge on any atom is -0.0622 e. The smallest absolute Gasteiger partial charge is 0.0103 e. The molecule has 182 valence electrons. The van der Waals surface area contributed by atoms with E-state index in [1.54, 1.807) is 0 Å². The van der Waals surface area contributed by atoms with Crippen molar-refractivity contribution in [3.63, 3.8) is 0 Å². The molecule has 6 rings (SSSR count). The Morgan fingerprint density at radius 2 is 0.579 bits per heavy atom. The number of hydrogen-bond donors (Lipinski definition) is 0. The first kappa shape index (κ1) is 23.7. The Bertz CT molecular complexity index is 1540. The van der Waals surface area contributed by atoms with Crippen LogP contribution < -0.4 is 0 Å². The molecule has 0 nitrogen and oxygen atoms in total. The van der Waals surface area contributed by atoms with E-state index in [4.69, 9.17) is 0 Å². The zero-order valence-corrected chi connectivity index (χ0v) is 21.9. The van der Waals surface area contributed by atoms with Gasteiger partial charge in [-0.2, -0.15) is 0 Å². The summed E-state index contributed by atoms with van der Waals surface area (Å²) in [6, 6.07) is 52.7. The Balaban J connectivity index is 1.32. The van der Waals surface area contributed by atoms with E-state index in [2.05, 4.69) is 159 Å². The molecule has 38 heavy (non-hydrogen) atoms. The van der Waals surface area contributed by atoms with Crippen molar-refractivity contribution in [3.8, 4) is 55.6 Å². The normalized spacial score (nSPS) is 10.9. The second kappa shape index (κ2) is 10.4. The van der Waals surface area contributed by atoms with Crippen molar-refractivity contribution in [2.45, 2.75) is 13.8 Å². The molecule has 6 aromatic carbocycles. The number of aryl methyl sites for hydroxylation is 2. The van der Waals surface area contributed by atoms with Crippen LogP contribution in [0.2, 0.25) is 0 Å². The summed E-state index contributed by atoms with van der Waals surface area (Å²) >= 11 is 0. The van der Waals surface area contributed by atoms with E-state index >= 15 is 0 Å². The summed E-state index contributed by atoms with van der Waals surface area (Å²) in [5.74, 6) is 0. The highest BCUT2D eigenvalue weighted by molar-refractivity contribution is 5.86. The van der Waals surface area contributed by atoms with Gasteiger partial charge >= 0.3 is 0 Å². The molecule has 6 aromatic rings. The molecular weight excluding hydrogens is 456 g/mol. The van der Waals surface area contributed by atoms with Gasteiger partial charge in [-0.1, -0.05) is 157 Å². The molecular formula is C38H30. The van der Waals surface area contributed by atoms with Crippen LogP contribution in [0, 0.1) is 13.8 Å². The third kappa shape index (κ3) is 4.82. The average Bonchev–Trinajstić information content (AvgIpc) is 2.98. The highest BCUT2D eigenvalue weighted by Crippen LogP contribution is 2.36. The molecule has 0 amide bonds. The summed E-state index contributed by atoms with van der Waals surface area (Å²) in [5.41, 5.74) is 15.0. The van der Waals surface area contributed by atoms with Crippen molar-refractivity contribution in [3.05, 3.63) is 157 Å². The van der Waals surface area contributed by atoms with Crippen molar-refractivity contribution in [2.24, 2.45) is 0 Å². The van der Waals surface area contributed by atoms with Gasteiger partial charge < -0.3 is 0 Å². The van der Waals surface area contributed by atoms with Crippen LogP contribution in [-0.4, -0.2) is 0 Å². The molecule has 0 atom stereocenters. The molecule has 0 aromatic heterocycles. The van der Waals surface area contributed by atoms with Crippen LogP contribution in [0.3, 0.4) is 0 Å². The summed E-state index contributed by atoms with van der Waals surface area (Å²) in [5, 5.41) is 0. The van der Waals surface area contributed by atoms with Gasteiger partial charge in [0.2, 0.25) is 0 Å². The summed E-state index contributed by atoms with van der Waals surface area (Å²) < 4.78 is 0. The lowest BCUT2D eigenvalue weighted by Gasteiger charge is -2.13. The fourth-order valence-electron chi connectivity index (χ4n) is 5.22. The fraction of sp³-hybridized carbons (Fsp3) is 0.0526. The van der Waals surface area contributed by atoms with Crippen molar-refractivity contribution in [1.29, 1.82) is 0 Å². The third-order valence-electron chi connectivity index (χ3n) is 7.24. The van der Waals surface area contributed by atoms with E-state index in [1.807, 2.05) is 0 Å². The van der Waals surface area contributed by atoms with Crippen LogP contribution >= 0.6 is 0 Å². The molecule has 0 N–H and O–H groups in total. The predicted octanol–water partition coefficient (Wildman–Crippen LogP) is 10.6. The maximum absolute atomic E-state index is 2.29. The lowest BCUT2D eigenvalue weighted by atomic mass is 9.91. The maximum atomic E-state index is 2.29. The van der Waals surface area contributed by atoms with Crippen LogP contribution in [0.4, 0.5) is 0 Å². The molecule has 0 saturated heterocycles. The molecule has 0 saturated carbocycles. The Morgan fingerprint density at radius 3 is 0.947 bits per heavy atom. The molecule has 0 aliphatic heterocycles. The fourth-order valence-corrected chi connectivity index (χ4v) is 5.22. The molecule has 0 aliphatic carbocycles. The number of hydrogen-bond acceptors (Lipinski definition) is 0. The average molecular weight is 487 g/mol. The highest BCUT2D eigenvalue weighted by Gasteiger charge is 2.10. The second-order valence-electron chi connectivity index (χ2n) is 9.98.